The Labute approximate surface area is 372 Å². The lowest BCUT2D eigenvalue weighted by Crippen LogP contribution is -2.48. The third-order valence-corrected chi connectivity index (χ3v) is 12.8. The van der Waals surface area contributed by atoms with E-state index in [-0.39, 0.29) is 29.8 Å². The van der Waals surface area contributed by atoms with Gasteiger partial charge >= 0.3 is 6.98 Å². The minimum Gasteiger partial charge on any atom is -0.506 e. The first-order valence-electron chi connectivity index (χ1n) is 22.8. The molecule has 0 fully saturated rings. The van der Waals surface area contributed by atoms with E-state index < -0.39 is 0 Å². The Morgan fingerprint density at radius 2 is 1.24 bits per heavy atom. The summed E-state index contributed by atoms with van der Waals surface area (Å²) in [7, 11) is 1.87. The highest BCUT2D eigenvalue weighted by molar-refractivity contribution is 6.80. The molecule has 6 aromatic rings. The van der Waals surface area contributed by atoms with Gasteiger partial charge in [-0.3, -0.25) is 0 Å². The largest absolute Gasteiger partial charge is 0.506 e. The number of allylic oxidation sites excluding steroid dienone is 2. The number of aliphatic hydroxyl groups is 2. The zero-order valence-corrected chi connectivity index (χ0v) is 36.8. The number of rotatable bonds is 21. The molecule has 2 aliphatic rings. The van der Waals surface area contributed by atoms with Crippen LogP contribution in [0.1, 0.15) is 90.2 Å². The Balaban J connectivity index is 1.03. The molecule has 0 amide bonds. The monoisotopic (exact) mass is 839 g/mol. The van der Waals surface area contributed by atoms with Crippen molar-refractivity contribution in [1.29, 1.82) is 0 Å². The SMILES string of the molecule is CCCCC(CC)COc1ccc([B]Nc2cccc3ccc(C4=C(O)C(c5ccc6cccc7c6c5NB(c5ccc(OCC(CC)CCCC)cc5)N7)=C4O)c(N=O)c23)cc1. The second kappa shape index (κ2) is 19.8. The van der Waals surface area contributed by atoms with E-state index in [0.717, 1.165) is 62.8 Å². The number of hydrogen-bond acceptors (Lipinski definition) is 9. The van der Waals surface area contributed by atoms with Crippen molar-refractivity contribution in [3.8, 4) is 11.5 Å². The third kappa shape index (κ3) is 9.10. The Bertz CT molecular complexity index is 2650. The third-order valence-electron chi connectivity index (χ3n) is 12.8. The average Bonchev–Trinajstić information content (AvgIpc) is 3.32. The molecule has 0 saturated carbocycles. The highest BCUT2D eigenvalue weighted by Crippen LogP contribution is 2.52. The van der Waals surface area contributed by atoms with Gasteiger partial charge in [0.1, 0.15) is 28.7 Å². The lowest BCUT2D eigenvalue weighted by Gasteiger charge is -2.31. The molecule has 2 unspecified atom stereocenters. The van der Waals surface area contributed by atoms with Crippen LogP contribution in [0.15, 0.2) is 126 Å². The Morgan fingerprint density at radius 1 is 0.667 bits per heavy atom. The van der Waals surface area contributed by atoms with Crippen LogP contribution in [0, 0.1) is 16.7 Å². The molecule has 8 rings (SSSR count). The lowest BCUT2D eigenvalue weighted by atomic mass is 9.65. The summed E-state index contributed by atoms with van der Waals surface area (Å²) >= 11 is 0. The topological polar surface area (TPSA) is 124 Å². The van der Waals surface area contributed by atoms with E-state index in [2.05, 4.69) is 60.7 Å². The maximum absolute atomic E-state index is 12.8. The van der Waals surface area contributed by atoms with Crippen molar-refractivity contribution in [2.45, 2.75) is 79.1 Å². The van der Waals surface area contributed by atoms with Gasteiger partial charge in [0.25, 0.3) is 7.41 Å². The van der Waals surface area contributed by atoms with Crippen molar-refractivity contribution >= 4 is 80.8 Å². The van der Waals surface area contributed by atoms with Crippen LogP contribution in [-0.2, 0) is 0 Å². The second-order valence-electron chi connectivity index (χ2n) is 16.9. The Kier molecular flexibility index (Phi) is 13.6. The molecule has 63 heavy (non-hydrogen) atoms. The van der Waals surface area contributed by atoms with Crippen molar-refractivity contribution < 1.29 is 19.7 Å². The van der Waals surface area contributed by atoms with Crippen LogP contribution < -0.4 is 36.1 Å². The fourth-order valence-electron chi connectivity index (χ4n) is 8.86. The number of aliphatic hydroxyl groups excluding tert-OH is 2. The first kappa shape index (κ1) is 43.3. The van der Waals surface area contributed by atoms with Crippen molar-refractivity contribution in [3.05, 3.63) is 137 Å². The molecule has 0 saturated heterocycles. The molecule has 1 radical (unpaired) electrons. The zero-order chi connectivity index (χ0) is 43.9. The maximum Gasteiger partial charge on any atom is 0.406 e. The number of ether oxygens (including phenoxy) is 2. The highest BCUT2D eigenvalue weighted by Gasteiger charge is 2.37. The number of benzene rings is 6. The molecular weight excluding hydrogens is 782 g/mol. The van der Waals surface area contributed by atoms with Crippen molar-refractivity contribution in [2.24, 2.45) is 17.0 Å². The number of nitroso groups, excluding NO2 is 1. The van der Waals surface area contributed by atoms with E-state index >= 15 is 0 Å². The fourth-order valence-corrected chi connectivity index (χ4v) is 8.86. The summed E-state index contributed by atoms with van der Waals surface area (Å²) in [6.45, 7) is 9.99. The number of fused-ring (bicyclic) bond motifs is 1. The molecule has 2 atom stereocenters. The van der Waals surface area contributed by atoms with Gasteiger partial charge < -0.3 is 35.4 Å². The van der Waals surface area contributed by atoms with Gasteiger partial charge in [-0.1, -0.05) is 144 Å². The summed E-state index contributed by atoms with van der Waals surface area (Å²) in [5.41, 5.74) is 5.92. The van der Waals surface area contributed by atoms with E-state index in [1.165, 1.54) is 38.5 Å². The minimum absolute atomic E-state index is 0.109. The summed E-state index contributed by atoms with van der Waals surface area (Å²) < 4.78 is 12.3. The Hall–Kier alpha value is -6.35. The van der Waals surface area contributed by atoms with Gasteiger partial charge in [-0.15, -0.1) is 4.91 Å². The molecule has 9 nitrogen and oxygen atoms in total. The number of hydrogen-bond donors (Lipinski definition) is 5. The van der Waals surface area contributed by atoms with Crippen LogP contribution in [-0.4, -0.2) is 37.8 Å². The van der Waals surface area contributed by atoms with Gasteiger partial charge in [0.15, 0.2) is 0 Å². The second-order valence-corrected chi connectivity index (χ2v) is 16.9. The molecule has 1 heterocycles. The number of unbranched alkanes of at least 4 members (excludes halogenated alkanes) is 2. The van der Waals surface area contributed by atoms with Crippen LogP contribution in [0.3, 0.4) is 0 Å². The quantitative estimate of drug-likeness (QED) is 0.0358. The van der Waals surface area contributed by atoms with Gasteiger partial charge in [0, 0.05) is 39.0 Å². The van der Waals surface area contributed by atoms with Crippen LogP contribution in [0.2, 0.25) is 0 Å². The number of anilines is 3. The van der Waals surface area contributed by atoms with Crippen LogP contribution in [0.5, 0.6) is 11.5 Å². The average molecular weight is 840 g/mol. The summed E-state index contributed by atoms with van der Waals surface area (Å²) in [5.74, 6) is 2.55. The van der Waals surface area contributed by atoms with E-state index in [0.29, 0.717) is 52.8 Å². The molecular formula is C52H57B2N4O5. The van der Waals surface area contributed by atoms with E-state index in [4.69, 9.17) is 9.47 Å². The van der Waals surface area contributed by atoms with Gasteiger partial charge in [-0.05, 0) is 82.5 Å². The van der Waals surface area contributed by atoms with Crippen molar-refractivity contribution in [1.82, 2.24) is 0 Å². The maximum atomic E-state index is 12.8. The van der Waals surface area contributed by atoms with Crippen LogP contribution in [0.25, 0.3) is 32.7 Å². The summed E-state index contributed by atoms with van der Waals surface area (Å²) in [5, 5.41) is 41.3. The van der Waals surface area contributed by atoms with E-state index in [9.17, 15) is 15.1 Å². The first-order valence-corrected chi connectivity index (χ1v) is 22.8. The van der Waals surface area contributed by atoms with E-state index in [1.807, 2.05) is 98.4 Å². The van der Waals surface area contributed by atoms with Crippen LogP contribution in [0.4, 0.5) is 22.7 Å². The zero-order valence-electron chi connectivity index (χ0n) is 36.8. The van der Waals surface area contributed by atoms with Gasteiger partial charge in [-0.25, -0.2) is 0 Å². The molecule has 0 bridgehead atoms. The fraction of sp³-hybridized carbons (Fsp3) is 0.308. The predicted octanol–water partition coefficient (Wildman–Crippen LogP) is 12.4. The normalized spacial score (nSPS) is 14.2. The molecule has 1 aliphatic heterocycles. The van der Waals surface area contributed by atoms with Gasteiger partial charge in [0.2, 0.25) is 0 Å². The summed E-state index contributed by atoms with van der Waals surface area (Å²) in [4.78, 5) is 12.8. The smallest absolute Gasteiger partial charge is 0.406 e. The Morgan fingerprint density at radius 3 is 1.84 bits per heavy atom. The van der Waals surface area contributed by atoms with Gasteiger partial charge in [0.05, 0.1) is 24.4 Å². The molecule has 6 aromatic carbocycles. The molecule has 1 aliphatic carbocycles. The number of nitrogens with one attached hydrogen (secondary N) is 3. The van der Waals surface area contributed by atoms with E-state index in [1.54, 1.807) is 6.07 Å². The van der Waals surface area contributed by atoms with Crippen molar-refractivity contribution in [2.75, 3.05) is 28.9 Å². The highest BCUT2D eigenvalue weighted by atomic mass is 16.5. The molecule has 0 aromatic heterocycles. The summed E-state index contributed by atoms with van der Waals surface area (Å²) in [6.07, 6.45) is 9.35. The van der Waals surface area contributed by atoms with Crippen LogP contribution >= 0.6 is 0 Å². The molecule has 5 N–H and O–H groups in total. The standard InChI is InChI=1S/C52H57B2N4O5/c1-5-9-13-33(7-3)31-62-39-25-21-37(22-26-39)53-55-43-17-11-15-35-20-30-42(50(58-61)45(35)43)48-51(59)47(52(48)60)41-29-19-36-16-12-18-44-46(36)49(41)57-54(56-44)38-23-27-40(28-24-38)63-32-34(8-4)14-10-6-2/h11-12,15-30,33-34,55-57,59-60H,5-10,13-14,31-32H2,1-4H3. The van der Waals surface area contributed by atoms with Gasteiger partial charge in [-0.2, -0.15) is 0 Å². The molecule has 321 valence electrons. The molecule has 0 spiro atoms. The minimum atomic E-state index is -0.297. The molecule has 11 heteroatoms. The predicted molar refractivity (Wildman–Crippen MR) is 265 cm³/mol. The van der Waals surface area contributed by atoms with Crippen molar-refractivity contribution in [3.63, 3.8) is 0 Å². The number of nitrogens with zero attached hydrogens (tertiary/aromatic N) is 1. The summed E-state index contributed by atoms with van der Waals surface area (Å²) in [6, 6.07) is 35.4. The first-order chi connectivity index (χ1) is 30.8. The lowest BCUT2D eigenvalue weighted by molar-refractivity contribution is 0.233.